The van der Waals surface area contributed by atoms with Gasteiger partial charge in [0.05, 0.1) is 0 Å². The zero-order valence-corrected chi connectivity index (χ0v) is 12.2. The first-order valence-corrected chi connectivity index (χ1v) is 8.02. The fraction of sp³-hybridized carbons (Fsp3) is 0.938. The van der Waals surface area contributed by atoms with E-state index in [1.165, 1.54) is 32.1 Å². The maximum Gasteiger partial charge on any atom is 0.217 e. The Morgan fingerprint density at radius 1 is 1.26 bits per heavy atom. The second kappa shape index (κ2) is 6.23. The highest BCUT2D eigenvalue weighted by atomic mass is 19.1. The third-order valence-electron chi connectivity index (χ3n) is 5.41. The van der Waals surface area contributed by atoms with Gasteiger partial charge in [0.1, 0.15) is 6.17 Å². The summed E-state index contributed by atoms with van der Waals surface area (Å²) >= 11 is 0. The summed E-state index contributed by atoms with van der Waals surface area (Å²) in [6.45, 7) is 2.22. The first kappa shape index (κ1) is 14.8. The molecule has 0 aromatic rings. The van der Waals surface area contributed by atoms with Crippen molar-refractivity contribution < 1.29 is 9.18 Å². The van der Waals surface area contributed by atoms with Gasteiger partial charge in [-0.05, 0) is 31.1 Å². The van der Waals surface area contributed by atoms with Gasteiger partial charge in [-0.2, -0.15) is 0 Å². The van der Waals surface area contributed by atoms with Crippen LogP contribution in [0.3, 0.4) is 0 Å². The molecule has 3 heteroatoms. The normalized spacial score (nSPS) is 33.4. The van der Waals surface area contributed by atoms with Crippen LogP contribution >= 0.6 is 0 Å². The predicted molar refractivity (Wildman–Crippen MR) is 75.3 cm³/mol. The van der Waals surface area contributed by atoms with Crippen LogP contribution in [0.1, 0.15) is 71.1 Å². The van der Waals surface area contributed by atoms with Crippen molar-refractivity contribution in [2.45, 2.75) is 77.3 Å². The van der Waals surface area contributed by atoms with Gasteiger partial charge < -0.3 is 5.73 Å². The van der Waals surface area contributed by atoms with Crippen LogP contribution in [0.5, 0.6) is 0 Å². The van der Waals surface area contributed by atoms with E-state index >= 15 is 0 Å². The number of hydrogen-bond acceptors (Lipinski definition) is 1. The molecule has 0 radical (unpaired) electrons. The molecule has 3 fully saturated rings. The van der Waals surface area contributed by atoms with Crippen LogP contribution in [0, 0.1) is 17.3 Å². The number of halogens is 1. The molecular formula is C16H28FNO. The van der Waals surface area contributed by atoms with E-state index in [-0.39, 0.29) is 17.2 Å². The minimum Gasteiger partial charge on any atom is -0.370 e. The molecule has 2 atom stereocenters. The van der Waals surface area contributed by atoms with Crippen LogP contribution in [0.4, 0.5) is 4.39 Å². The highest BCUT2D eigenvalue weighted by Crippen LogP contribution is 2.70. The van der Waals surface area contributed by atoms with Crippen molar-refractivity contribution in [3.05, 3.63) is 0 Å². The van der Waals surface area contributed by atoms with Crippen molar-refractivity contribution >= 4 is 5.91 Å². The molecule has 0 aromatic heterocycles. The highest BCUT2D eigenvalue weighted by molar-refractivity contribution is 5.74. The number of carbonyl (C=O) groups excluding carboxylic acids is 1. The molecule has 110 valence electrons. The van der Waals surface area contributed by atoms with E-state index in [1.807, 2.05) is 0 Å². The molecule has 3 aliphatic carbocycles. The molecule has 3 saturated carbocycles. The molecule has 3 aliphatic rings. The quantitative estimate of drug-likeness (QED) is 0.599. The SMILES string of the molecule is CCCCCCCCC(CC(N)=O)C12CC(C1)C2F. The first-order chi connectivity index (χ1) is 9.10. The number of carbonyl (C=O) groups is 1. The molecule has 0 aromatic carbocycles. The average molecular weight is 269 g/mol. The summed E-state index contributed by atoms with van der Waals surface area (Å²) in [6.07, 6.45) is 10.2. The van der Waals surface area contributed by atoms with Gasteiger partial charge in [-0.1, -0.05) is 45.4 Å². The van der Waals surface area contributed by atoms with Crippen molar-refractivity contribution in [3.63, 3.8) is 0 Å². The molecular weight excluding hydrogens is 241 g/mol. The second-order valence-electron chi connectivity index (χ2n) is 6.73. The van der Waals surface area contributed by atoms with Crippen LogP contribution in [0.15, 0.2) is 0 Å². The number of hydrogen-bond donors (Lipinski definition) is 1. The zero-order valence-electron chi connectivity index (χ0n) is 12.2. The standard InChI is InChI=1S/C16H28FNO/c1-2-3-4-5-6-7-8-13(9-14(18)19)16-10-12(11-16)15(16)17/h12-13,15H,2-11H2,1H3,(H2,18,19). The van der Waals surface area contributed by atoms with E-state index in [4.69, 9.17) is 5.73 Å². The maximum absolute atomic E-state index is 13.8. The topological polar surface area (TPSA) is 43.1 Å². The number of rotatable bonds is 10. The summed E-state index contributed by atoms with van der Waals surface area (Å²) in [5, 5.41) is 0. The van der Waals surface area contributed by atoms with Crippen molar-refractivity contribution in [1.29, 1.82) is 0 Å². The van der Waals surface area contributed by atoms with Crippen LogP contribution in [-0.2, 0) is 4.79 Å². The molecule has 2 bridgehead atoms. The summed E-state index contributed by atoms with van der Waals surface area (Å²) < 4.78 is 13.8. The number of amides is 1. The van der Waals surface area contributed by atoms with E-state index in [9.17, 15) is 9.18 Å². The number of nitrogens with two attached hydrogens (primary N) is 1. The van der Waals surface area contributed by atoms with Crippen LogP contribution < -0.4 is 5.73 Å². The minimum atomic E-state index is -0.642. The van der Waals surface area contributed by atoms with Gasteiger partial charge in [-0.15, -0.1) is 0 Å². The Hall–Kier alpha value is -0.600. The summed E-state index contributed by atoms with van der Waals surface area (Å²) in [5.74, 6) is 0.254. The molecule has 2 unspecified atom stereocenters. The van der Waals surface area contributed by atoms with E-state index in [2.05, 4.69) is 6.92 Å². The van der Waals surface area contributed by atoms with Crippen LogP contribution in [-0.4, -0.2) is 12.1 Å². The minimum absolute atomic E-state index is 0.150. The monoisotopic (exact) mass is 269 g/mol. The summed E-state index contributed by atoms with van der Waals surface area (Å²) in [6, 6.07) is 0. The van der Waals surface area contributed by atoms with Gasteiger partial charge in [0, 0.05) is 11.8 Å². The molecule has 0 saturated heterocycles. The fourth-order valence-electron chi connectivity index (χ4n) is 4.06. The van der Waals surface area contributed by atoms with Crippen LogP contribution in [0.2, 0.25) is 0 Å². The molecule has 2 N–H and O–H groups in total. The molecule has 1 amide bonds. The van der Waals surface area contributed by atoms with Gasteiger partial charge in [0.15, 0.2) is 0 Å². The summed E-state index contributed by atoms with van der Waals surface area (Å²) in [7, 11) is 0. The Morgan fingerprint density at radius 3 is 2.37 bits per heavy atom. The molecule has 19 heavy (non-hydrogen) atoms. The largest absolute Gasteiger partial charge is 0.370 e. The smallest absolute Gasteiger partial charge is 0.217 e. The van der Waals surface area contributed by atoms with Crippen molar-refractivity contribution in [2.75, 3.05) is 0 Å². The Bertz CT molecular complexity index is 312. The number of primary amides is 1. The van der Waals surface area contributed by atoms with E-state index in [0.29, 0.717) is 12.3 Å². The van der Waals surface area contributed by atoms with E-state index < -0.39 is 6.17 Å². The van der Waals surface area contributed by atoms with E-state index in [0.717, 1.165) is 25.7 Å². The lowest BCUT2D eigenvalue weighted by Gasteiger charge is -2.68. The van der Waals surface area contributed by atoms with Crippen molar-refractivity contribution in [2.24, 2.45) is 23.0 Å². The van der Waals surface area contributed by atoms with Gasteiger partial charge >= 0.3 is 0 Å². The summed E-state index contributed by atoms with van der Waals surface area (Å²) in [5.41, 5.74) is 5.19. The third-order valence-corrected chi connectivity index (χ3v) is 5.41. The lowest BCUT2D eigenvalue weighted by atomic mass is 9.38. The molecule has 3 rings (SSSR count). The average Bonchev–Trinajstić information content (AvgIpc) is 2.30. The summed E-state index contributed by atoms with van der Waals surface area (Å²) in [4.78, 5) is 11.2. The zero-order chi connectivity index (χ0) is 13.9. The lowest BCUT2D eigenvalue weighted by Crippen LogP contribution is -2.67. The van der Waals surface area contributed by atoms with Gasteiger partial charge in [-0.3, -0.25) is 4.79 Å². The van der Waals surface area contributed by atoms with E-state index in [1.54, 1.807) is 0 Å². The molecule has 0 aliphatic heterocycles. The fourth-order valence-corrected chi connectivity index (χ4v) is 4.06. The predicted octanol–water partition coefficient (Wildman–Crippen LogP) is 3.98. The number of alkyl halides is 1. The first-order valence-electron chi connectivity index (χ1n) is 8.02. The molecule has 0 spiro atoms. The number of unbranched alkanes of at least 4 members (excludes halogenated alkanes) is 5. The lowest BCUT2D eigenvalue weighted by molar-refractivity contribution is -0.234. The Labute approximate surface area is 116 Å². The molecule has 0 heterocycles. The Kier molecular flexibility index (Phi) is 4.86. The Morgan fingerprint density at radius 2 is 1.89 bits per heavy atom. The molecule has 2 nitrogen and oxygen atoms in total. The van der Waals surface area contributed by atoms with Gasteiger partial charge in [0.2, 0.25) is 5.91 Å². The van der Waals surface area contributed by atoms with Crippen molar-refractivity contribution in [1.82, 2.24) is 0 Å². The third kappa shape index (κ3) is 2.95. The van der Waals surface area contributed by atoms with Gasteiger partial charge in [0.25, 0.3) is 0 Å². The Balaban J connectivity index is 1.71. The van der Waals surface area contributed by atoms with Crippen LogP contribution in [0.25, 0.3) is 0 Å². The highest BCUT2D eigenvalue weighted by Gasteiger charge is 2.68. The second-order valence-corrected chi connectivity index (χ2v) is 6.73. The van der Waals surface area contributed by atoms with Gasteiger partial charge in [-0.25, -0.2) is 4.39 Å². The maximum atomic E-state index is 13.8. The van der Waals surface area contributed by atoms with Crippen molar-refractivity contribution in [3.8, 4) is 0 Å².